The second-order valence-electron chi connectivity index (χ2n) is 4.13. The van der Waals surface area contributed by atoms with Crippen molar-refractivity contribution in [2.45, 2.75) is 33.6 Å². The summed E-state index contributed by atoms with van der Waals surface area (Å²) >= 11 is 0. The molecule has 0 aromatic carbocycles. The molecule has 0 saturated carbocycles. The Labute approximate surface area is 81.3 Å². The predicted octanol–water partition coefficient (Wildman–Crippen LogP) is 2.41. The second-order valence-corrected chi connectivity index (χ2v) is 4.13. The Morgan fingerprint density at radius 3 is 2.46 bits per heavy atom. The van der Waals surface area contributed by atoms with Crippen LogP contribution in [0.4, 0.5) is 0 Å². The van der Waals surface area contributed by atoms with Crippen LogP contribution >= 0.6 is 0 Å². The van der Waals surface area contributed by atoms with Crippen molar-refractivity contribution in [2.24, 2.45) is 17.0 Å². The maximum absolute atomic E-state index is 9.86. The van der Waals surface area contributed by atoms with Gasteiger partial charge in [0.1, 0.15) is 0 Å². The lowest BCUT2D eigenvalue weighted by Crippen LogP contribution is -2.23. The molecule has 0 aliphatic heterocycles. The molecule has 0 aromatic rings. The topological polar surface area (TPSA) is 41.5 Å². The molecule has 0 saturated heterocycles. The summed E-state index contributed by atoms with van der Waals surface area (Å²) in [6.45, 7) is 9.13. The standard InChI is InChI=1S/C10H22N2O/c1-9(2)4-6-11-8-10(3)5-7-12-13/h9-11H,4-8H2,1-3H3. The van der Waals surface area contributed by atoms with E-state index in [2.05, 4.69) is 31.3 Å². The Morgan fingerprint density at radius 1 is 1.23 bits per heavy atom. The quantitative estimate of drug-likeness (QED) is 0.467. The first-order chi connectivity index (χ1) is 6.16. The fourth-order valence-electron chi connectivity index (χ4n) is 1.11. The van der Waals surface area contributed by atoms with Crippen LogP contribution in [-0.2, 0) is 0 Å². The summed E-state index contributed by atoms with van der Waals surface area (Å²) < 4.78 is 0. The van der Waals surface area contributed by atoms with E-state index in [1.807, 2.05) is 0 Å². The summed E-state index contributed by atoms with van der Waals surface area (Å²) in [7, 11) is 0. The molecule has 13 heavy (non-hydrogen) atoms. The highest BCUT2D eigenvalue weighted by Crippen LogP contribution is 2.01. The number of rotatable bonds is 8. The molecule has 0 rings (SSSR count). The van der Waals surface area contributed by atoms with Crippen LogP contribution in [0.15, 0.2) is 5.18 Å². The SMILES string of the molecule is CC(C)CCNCC(C)CCN=O. The highest BCUT2D eigenvalue weighted by atomic mass is 16.3. The summed E-state index contributed by atoms with van der Waals surface area (Å²) in [5.74, 6) is 1.32. The van der Waals surface area contributed by atoms with Gasteiger partial charge >= 0.3 is 0 Å². The van der Waals surface area contributed by atoms with Crippen LogP contribution in [0.3, 0.4) is 0 Å². The van der Waals surface area contributed by atoms with Crippen LogP contribution in [-0.4, -0.2) is 19.6 Å². The second kappa shape index (κ2) is 8.17. The molecule has 1 atom stereocenters. The third kappa shape index (κ3) is 9.47. The smallest absolute Gasteiger partial charge is 0.0814 e. The van der Waals surface area contributed by atoms with Crippen LogP contribution in [0.25, 0.3) is 0 Å². The Morgan fingerprint density at radius 2 is 1.92 bits per heavy atom. The molecule has 0 fully saturated rings. The van der Waals surface area contributed by atoms with Crippen LogP contribution in [0.2, 0.25) is 0 Å². The van der Waals surface area contributed by atoms with Gasteiger partial charge in [0.15, 0.2) is 0 Å². The normalized spacial score (nSPS) is 13.2. The van der Waals surface area contributed by atoms with Gasteiger partial charge in [-0.2, -0.15) is 4.91 Å². The minimum absolute atomic E-state index is 0.451. The number of nitrogens with zero attached hydrogens (tertiary/aromatic N) is 1. The van der Waals surface area contributed by atoms with E-state index in [-0.39, 0.29) is 0 Å². The molecule has 0 aliphatic carbocycles. The fourth-order valence-corrected chi connectivity index (χ4v) is 1.11. The van der Waals surface area contributed by atoms with Crippen LogP contribution in [0.5, 0.6) is 0 Å². The average Bonchev–Trinajstić information content (AvgIpc) is 2.08. The van der Waals surface area contributed by atoms with Crippen LogP contribution < -0.4 is 5.32 Å². The molecule has 0 bridgehead atoms. The largest absolute Gasteiger partial charge is 0.316 e. The first-order valence-electron chi connectivity index (χ1n) is 5.16. The molecule has 1 unspecified atom stereocenters. The zero-order chi connectivity index (χ0) is 10.1. The average molecular weight is 186 g/mol. The van der Waals surface area contributed by atoms with E-state index in [0.29, 0.717) is 12.5 Å². The van der Waals surface area contributed by atoms with Gasteiger partial charge in [0.05, 0.1) is 6.54 Å². The monoisotopic (exact) mass is 186 g/mol. The van der Waals surface area contributed by atoms with Crippen molar-refractivity contribution < 1.29 is 0 Å². The van der Waals surface area contributed by atoms with E-state index >= 15 is 0 Å². The molecule has 0 aromatic heterocycles. The molecule has 0 amide bonds. The van der Waals surface area contributed by atoms with Crippen molar-refractivity contribution in [1.82, 2.24) is 5.32 Å². The Bertz CT molecular complexity index is 126. The van der Waals surface area contributed by atoms with Crippen molar-refractivity contribution in [3.8, 4) is 0 Å². The minimum atomic E-state index is 0.451. The number of nitroso groups, excluding NO2 is 1. The van der Waals surface area contributed by atoms with Crippen molar-refractivity contribution in [2.75, 3.05) is 19.6 Å². The molecule has 3 heteroatoms. The summed E-state index contributed by atoms with van der Waals surface area (Å²) in [6.07, 6.45) is 2.12. The molecule has 1 N–H and O–H groups in total. The highest BCUT2D eigenvalue weighted by Gasteiger charge is 2.01. The summed E-state index contributed by atoms with van der Waals surface area (Å²) in [5, 5.41) is 6.24. The zero-order valence-corrected chi connectivity index (χ0v) is 9.05. The number of hydrogen-bond donors (Lipinski definition) is 1. The lowest BCUT2D eigenvalue weighted by atomic mass is 10.1. The van der Waals surface area contributed by atoms with E-state index in [0.717, 1.165) is 25.4 Å². The zero-order valence-electron chi connectivity index (χ0n) is 9.05. The van der Waals surface area contributed by atoms with Gasteiger partial charge in [0.2, 0.25) is 0 Å². The molecule has 78 valence electrons. The van der Waals surface area contributed by atoms with Gasteiger partial charge < -0.3 is 5.32 Å². The first kappa shape index (κ1) is 12.6. The fraction of sp³-hybridized carbons (Fsp3) is 1.00. The van der Waals surface area contributed by atoms with E-state index in [1.54, 1.807) is 0 Å². The lowest BCUT2D eigenvalue weighted by Gasteiger charge is -2.11. The van der Waals surface area contributed by atoms with Crippen LogP contribution in [0, 0.1) is 16.7 Å². The number of nitrogens with one attached hydrogen (secondary N) is 1. The molecule has 0 radical (unpaired) electrons. The summed E-state index contributed by atoms with van der Waals surface area (Å²) in [6, 6.07) is 0. The minimum Gasteiger partial charge on any atom is -0.316 e. The Kier molecular flexibility index (Phi) is 7.90. The highest BCUT2D eigenvalue weighted by molar-refractivity contribution is 4.59. The summed E-state index contributed by atoms with van der Waals surface area (Å²) in [4.78, 5) is 9.86. The first-order valence-corrected chi connectivity index (χ1v) is 5.16. The lowest BCUT2D eigenvalue weighted by molar-refractivity contribution is 0.462. The molecule has 0 aliphatic rings. The van der Waals surface area contributed by atoms with Crippen molar-refractivity contribution >= 4 is 0 Å². The maximum atomic E-state index is 9.86. The van der Waals surface area contributed by atoms with Gasteiger partial charge in [-0.05, 0) is 37.8 Å². The van der Waals surface area contributed by atoms with E-state index in [9.17, 15) is 4.91 Å². The Hall–Kier alpha value is -0.440. The van der Waals surface area contributed by atoms with Gasteiger partial charge in [-0.15, -0.1) is 0 Å². The van der Waals surface area contributed by atoms with E-state index in [1.165, 1.54) is 6.42 Å². The molecular formula is C10H22N2O. The van der Waals surface area contributed by atoms with Gasteiger partial charge in [-0.1, -0.05) is 25.9 Å². The third-order valence-corrected chi connectivity index (χ3v) is 2.10. The summed E-state index contributed by atoms with van der Waals surface area (Å²) in [5.41, 5.74) is 0. The van der Waals surface area contributed by atoms with Gasteiger partial charge in [0, 0.05) is 0 Å². The van der Waals surface area contributed by atoms with Crippen molar-refractivity contribution in [3.63, 3.8) is 0 Å². The van der Waals surface area contributed by atoms with Crippen molar-refractivity contribution in [1.29, 1.82) is 0 Å². The van der Waals surface area contributed by atoms with Crippen LogP contribution in [0.1, 0.15) is 33.6 Å². The van der Waals surface area contributed by atoms with E-state index in [4.69, 9.17) is 0 Å². The van der Waals surface area contributed by atoms with E-state index < -0.39 is 0 Å². The molecule has 0 spiro atoms. The van der Waals surface area contributed by atoms with Gasteiger partial charge in [-0.3, -0.25) is 0 Å². The third-order valence-electron chi connectivity index (χ3n) is 2.10. The maximum Gasteiger partial charge on any atom is 0.0814 e. The van der Waals surface area contributed by atoms with Gasteiger partial charge in [-0.25, -0.2) is 0 Å². The molecule has 3 nitrogen and oxygen atoms in total. The molecule has 0 heterocycles. The number of hydrogen-bond acceptors (Lipinski definition) is 3. The molecular weight excluding hydrogens is 164 g/mol. The predicted molar refractivity (Wildman–Crippen MR) is 56.8 cm³/mol. The van der Waals surface area contributed by atoms with Crippen molar-refractivity contribution in [3.05, 3.63) is 4.91 Å². The Balaban J connectivity index is 3.16. The van der Waals surface area contributed by atoms with Gasteiger partial charge in [0.25, 0.3) is 0 Å².